The Morgan fingerprint density at radius 1 is 1.13 bits per heavy atom. The highest BCUT2D eigenvalue weighted by Crippen LogP contribution is 2.35. The molecule has 47 heavy (non-hydrogen) atoms. The summed E-state index contributed by atoms with van der Waals surface area (Å²) in [5.41, 5.74) is 8.51. The minimum absolute atomic E-state index is 0.0296. The lowest BCUT2D eigenvalue weighted by Gasteiger charge is -2.22. The van der Waals surface area contributed by atoms with E-state index in [1.54, 1.807) is 6.07 Å². The van der Waals surface area contributed by atoms with Gasteiger partial charge < -0.3 is 15.8 Å². The van der Waals surface area contributed by atoms with Crippen molar-refractivity contribution in [2.24, 2.45) is 17.8 Å². The van der Waals surface area contributed by atoms with Crippen LogP contribution in [0.1, 0.15) is 41.3 Å². The van der Waals surface area contributed by atoms with Gasteiger partial charge in [0.15, 0.2) is 16.8 Å². The minimum atomic E-state index is -4.96. The largest absolute Gasteiger partial charge is 0.573 e. The first-order valence-corrected chi connectivity index (χ1v) is 15.3. The first-order valence-electron chi connectivity index (χ1n) is 14.0. The quantitative estimate of drug-likeness (QED) is 0.215. The molecule has 16 heteroatoms. The third-order valence-electron chi connectivity index (χ3n) is 6.97. The smallest absolute Gasteiger partial charge is 0.406 e. The summed E-state index contributed by atoms with van der Waals surface area (Å²) >= 11 is 7.65. The number of nitrogens with two attached hydrogens (primary N) is 1. The number of hydrogen-bond acceptors (Lipinski definition) is 7. The van der Waals surface area contributed by atoms with Gasteiger partial charge in [-0.2, -0.15) is 10.1 Å². The van der Waals surface area contributed by atoms with Crippen LogP contribution in [-0.4, -0.2) is 49.9 Å². The summed E-state index contributed by atoms with van der Waals surface area (Å²) in [6.45, 7) is 5.95. The fourth-order valence-electron chi connectivity index (χ4n) is 4.86. The van der Waals surface area contributed by atoms with Gasteiger partial charge in [-0.3, -0.25) is 14.5 Å². The molecule has 1 aliphatic rings. The number of carbonyl (C=O) groups is 3. The Morgan fingerprint density at radius 3 is 2.53 bits per heavy atom. The fraction of sp³-hybridized carbons (Fsp3) is 0.226. The van der Waals surface area contributed by atoms with Gasteiger partial charge in [-0.15, -0.1) is 13.2 Å². The van der Waals surface area contributed by atoms with Crippen molar-refractivity contribution in [2.45, 2.75) is 33.1 Å². The molecular weight excluding hydrogens is 659 g/mol. The molecule has 2 heterocycles. The first kappa shape index (κ1) is 33.5. The molecule has 3 aromatic carbocycles. The number of nitrogens with zero attached hydrogens (tertiary/aromatic N) is 5. The number of aliphatic imine (C=N–C) groups is 1. The summed E-state index contributed by atoms with van der Waals surface area (Å²) in [5.74, 6) is -1.24. The number of rotatable bonds is 7. The van der Waals surface area contributed by atoms with Crippen molar-refractivity contribution in [1.82, 2.24) is 14.8 Å². The average molecular weight is 686 g/mol. The van der Waals surface area contributed by atoms with E-state index in [0.29, 0.717) is 11.3 Å². The van der Waals surface area contributed by atoms with Crippen LogP contribution < -0.4 is 20.7 Å². The van der Waals surface area contributed by atoms with Crippen molar-refractivity contribution >= 4 is 57.8 Å². The van der Waals surface area contributed by atoms with Crippen LogP contribution in [0.15, 0.2) is 59.6 Å². The predicted molar refractivity (Wildman–Crippen MR) is 174 cm³/mol. The van der Waals surface area contributed by atoms with Gasteiger partial charge in [0.2, 0.25) is 11.8 Å². The zero-order valence-corrected chi connectivity index (χ0v) is 26.9. The number of amidine groups is 1. The number of amides is 4. The van der Waals surface area contributed by atoms with Crippen molar-refractivity contribution in [1.29, 1.82) is 0 Å². The lowest BCUT2D eigenvalue weighted by molar-refractivity contribution is -0.274. The van der Waals surface area contributed by atoms with Gasteiger partial charge in [0.05, 0.1) is 27.7 Å². The number of aryl methyl sites for hydroxylation is 2. The molecule has 0 unspecified atom stereocenters. The van der Waals surface area contributed by atoms with E-state index in [1.807, 2.05) is 39.0 Å². The minimum Gasteiger partial charge on any atom is -0.406 e. The average Bonchev–Trinajstić information content (AvgIpc) is 3.54. The van der Waals surface area contributed by atoms with Crippen LogP contribution >= 0.6 is 23.4 Å². The SMILES string of the molecule is Cc1ccc(C(C)C)c(N2C(=O)CS/C2=N\C(=O)Nc2ccc(-c3nc(-c4cc(OC(F)(F)F)ccc4C(N)=O)n(C)n3)cc2Cl)c1. The lowest BCUT2D eigenvalue weighted by Crippen LogP contribution is -2.31. The highest BCUT2D eigenvalue weighted by atomic mass is 35.5. The second-order valence-electron chi connectivity index (χ2n) is 10.8. The number of halogens is 4. The number of ether oxygens (including phenoxy) is 1. The van der Waals surface area contributed by atoms with Gasteiger partial charge in [-0.1, -0.05) is 49.3 Å². The monoisotopic (exact) mass is 685 g/mol. The number of primary amides is 1. The van der Waals surface area contributed by atoms with E-state index in [9.17, 15) is 27.6 Å². The molecule has 1 saturated heterocycles. The number of carbonyl (C=O) groups excluding carboxylic acids is 3. The summed E-state index contributed by atoms with van der Waals surface area (Å²) in [6, 6.07) is 12.7. The van der Waals surface area contributed by atoms with E-state index in [4.69, 9.17) is 17.3 Å². The van der Waals surface area contributed by atoms with E-state index < -0.39 is 24.1 Å². The predicted octanol–water partition coefficient (Wildman–Crippen LogP) is 6.90. The number of alkyl halides is 3. The second-order valence-corrected chi connectivity index (χ2v) is 12.1. The lowest BCUT2D eigenvalue weighted by atomic mass is 9.99. The molecule has 0 spiro atoms. The molecule has 0 bridgehead atoms. The molecule has 1 aliphatic heterocycles. The molecule has 4 amide bonds. The van der Waals surface area contributed by atoms with E-state index >= 15 is 0 Å². The third kappa shape index (κ3) is 7.41. The van der Waals surface area contributed by atoms with Crippen molar-refractivity contribution in [2.75, 3.05) is 16.0 Å². The fourth-order valence-corrected chi connectivity index (χ4v) is 5.95. The van der Waals surface area contributed by atoms with Crippen LogP contribution in [0, 0.1) is 6.92 Å². The molecule has 0 atom stereocenters. The Morgan fingerprint density at radius 2 is 1.87 bits per heavy atom. The maximum Gasteiger partial charge on any atom is 0.573 e. The molecule has 4 aromatic rings. The molecule has 1 aromatic heterocycles. The Bertz CT molecular complexity index is 1940. The Balaban J connectivity index is 1.40. The summed E-state index contributed by atoms with van der Waals surface area (Å²) in [5, 5.41) is 7.28. The van der Waals surface area contributed by atoms with Crippen LogP contribution in [0.25, 0.3) is 22.8 Å². The normalized spacial score (nSPS) is 14.3. The van der Waals surface area contributed by atoms with Crippen LogP contribution in [0.3, 0.4) is 0 Å². The molecule has 0 saturated carbocycles. The number of anilines is 2. The van der Waals surface area contributed by atoms with E-state index in [0.717, 1.165) is 41.1 Å². The molecule has 0 aliphatic carbocycles. The van der Waals surface area contributed by atoms with Gasteiger partial charge in [0, 0.05) is 18.2 Å². The Kier molecular flexibility index (Phi) is 9.32. The first-order chi connectivity index (χ1) is 22.1. The van der Waals surface area contributed by atoms with Gasteiger partial charge in [-0.05, 0) is 66.4 Å². The van der Waals surface area contributed by atoms with Gasteiger partial charge in [0.25, 0.3) is 0 Å². The van der Waals surface area contributed by atoms with Gasteiger partial charge >= 0.3 is 12.4 Å². The zero-order chi connectivity index (χ0) is 34.2. The van der Waals surface area contributed by atoms with Crippen molar-refractivity contribution in [3.63, 3.8) is 0 Å². The van der Waals surface area contributed by atoms with Crippen LogP contribution in [0.4, 0.5) is 29.3 Å². The molecule has 3 N–H and O–H groups in total. The number of urea groups is 1. The van der Waals surface area contributed by atoms with Crippen molar-refractivity contribution in [3.8, 4) is 28.5 Å². The second kappa shape index (κ2) is 13.1. The Hall–Kier alpha value is -4.89. The number of thioether (sulfide) groups is 1. The highest BCUT2D eigenvalue weighted by molar-refractivity contribution is 8.15. The summed E-state index contributed by atoms with van der Waals surface area (Å²) < 4.78 is 43.8. The van der Waals surface area contributed by atoms with Crippen LogP contribution in [-0.2, 0) is 11.8 Å². The number of hydrogen-bond donors (Lipinski definition) is 2. The van der Waals surface area contributed by atoms with E-state index in [1.165, 1.54) is 28.8 Å². The summed E-state index contributed by atoms with van der Waals surface area (Å²) in [6.07, 6.45) is -4.96. The van der Waals surface area contributed by atoms with E-state index in [2.05, 4.69) is 25.1 Å². The number of aromatic nitrogens is 3. The van der Waals surface area contributed by atoms with E-state index in [-0.39, 0.29) is 56.2 Å². The molecule has 1 fully saturated rings. The van der Waals surface area contributed by atoms with Gasteiger partial charge in [-0.25, -0.2) is 14.5 Å². The van der Waals surface area contributed by atoms with Gasteiger partial charge in [0.1, 0.15) is 5.75 Å². The molecule has 5 rings (SSSR count). The molecule has 244 valence electrons. The standard InChI is InChI=1S/C31H27ClF3N7O4S/c1-15(2)19-8-5-16(3)11-24(19)42-25(43)14-47-30(42)39-29(45)37-23-10-6-17(12-22(23)32)27-38-28(41(4)40-27)21-13-18(46-31(33,34)35)7-9-20(21)26(36)44/h5-13,15H,14H2,1-4H3,(H2,36,44)(H,37,45)/b39-30-. The zero-order valence-electron chi connectivity index (χ0n) is 25.3. The topological polar surface area (TPSA) is 145 Å². The van der Waals surface area contributed by atoms with Crippen LogP contribution in [0.5, 0.6) is 5.75 Å². The molecule has 11 nitrogen and oxygen atoms in total. The number of benzene rings is 3. The molecular formula is C31H27ClF3N7O4S. The highest BCUT2D eigenvalue weighted by Gasteiger charge is 2.33. The van der Waals surface area contributed by atoms with Crippen LogP contribution in [0.2, 0.25) is 5.02 Å². The summed E-state index contributed by atoms with van der Waals surface area (Å²) in [7, 11) is 1.49. The number of nitrogens with one attached hydrogen (secondary N) is 1. The van der Waals surface area contributed by atoms with Crippen molar-refractivity contribution in [3.05, 3.63) is 76.3 Å². The van der Waals surface area contributed by atoms with Crippen molar-refractivity contribution < 1.29 is 32.3 Å². The maximum absolute atomic E-state index is 13.0. The maximum atomic E-state index is 13.0. The summed E-state index contributed by atoms with van der Waals surface area (Å²) in [4.78, 5) is 47.9. The third-order valence-corrected chi connectivity index (χ3v) is 8.21. The Labute approximate surface area is 276 Å². The molecule has 0 radical (unpaired) electrons.